The highest BCUT2D eigenvalue weighted by atomic mass is 16.2. The van der Waals surface area contributed by atoms with Crippen LogP contribution in [0, 0.1) is 6.92 Å². The zero-order valence-electron chi connectivity index (χ0n) is 12.7. The van der Waals surface area contributed by atoms with Gasteiger partial charge in [-0.25, -0.2) is 0 Å². The number of nitrogens with zero attached hydrogens (tertiary/aromatic N) is 1. The third-order valence-corrected chi connectivity index (χ3v) is 4.14. The van der Waals surface area contributed by atoms with Gasteiger partial charge in [-0.15, -0.1) is 0 Å². The van der Waals surface area contributed by atoms with Gasteiger partial charge >= 0.3 is 0 Å². The van der Waals surface area contributed by atoms with Crippen molar-refractivity contribution in [3.63, 3.8) is 0 Å². The first-order chi connectivity index (χ1) is 9.69. The molecule has 1 aromatic rings. The summed E-state index contributed by atoms with van der Waals surface area (Å²) in [7, 11) is 0. The summed E-state index contributed by atoms with van der Waals surface area (Å²) in [6.07, 6.45) is 4.91. The molecule has 0 aliphatic carbocycles. The van der Waals surface area contributed by atoms with Crippen LogP contribution >= 0.6 is 0 Å². The number of carbonyl (C=O) groups is 1. The summed E-state index contributed by atoms with van der Waals surface area (Å²) in [5, 5.41) is 3.04. The first kappa shape index (κ1) is 15.0. The number of rotatable bonds is 5. The van der Waals surface area contributed by atoms with Crippen LogP contribution in [-0.2, 0) is 11.3 Å². The number of amides is 1. The van der Waals surface area contributed by atoms with Crippen LogP contribution in [0.2, 0.25) is 0 Å². The molecule has 1 aliphatic heterocycles. The quantitative estimate of drug-likeness (QED) is 0.895. The molecule has 0 bridgehead atoms. The Morgan fingerprint density at radius 1 is 1.40 bits per heavy atom. The van der Waals surface area contributed by atoms with Gasteiger partial charge < -0.3 is 5.32 Å². The summed E-state index contributed by atoms with van der Waals surface area (Å²) in [5.41, 5.74) is 2.41. The smallest absolute Gasteiger partial charge is 0.234 e. The largest absolute Gasteiger partial charge is 0.351 e. The molecule has 0 radical (unpaired) electrons. The van der Waals surface area contributed by atoms with Crippen LogP contribution in [-0.4, -0.2) is 29.9 Å². The molecule has 1 unspecified atom stereocenters. The highest BCUT2D eigenvalue weighted by molar-refractivity contribution is 5.78. The molecule has 3 heteroatoms. The maximum absolute atomic E-state index is 12.1. The van der Waals surface area contributed by atoms with E-state index in [0.717, 1.165) is 13.0 Å². The SMILES string of the molecule is CCC1CCCCN1CC(=O)NCc1cccc(C)c1. The number of benzene rings is 1. The maximum Gasteiger partial charge on any atom is 0.234 e. The molecular weight excluding hydrogens is 248 g/mol. The lowest BCUT2D eigenvalue weighted by Gasteiger charge is -2.34. The molecule has 1 atom stereocenters. The summed E-state index contributed by atoms with van der Waals surface area (Å²) >= 11 is 0. The average Bonchev–Trinajstić information content (AvgIpc) is 2.46. The molecule has 1 aliphatic rings. The molecule has 110 valence electrons. The van der Waals surface area contributed by atoms with Crippen LogP contribution in [0.3, 0.4) is 0 Å². The second-order valence-corrected chi connectivity index (χ2v) is 5.79. The number of likely N-dealkylation sites (tertiary alicyclic amines) is 1. The second kappa shape index (κ2) is 7.44. The van der Waals surface area contributed by atoms with Crippen molar-refractivity contribution in [2.75, 3.05) is 13.1 Å². The number of hydrogen-bond donors (Lipinski definition) is 1. The van der Waals surface area contributed by atoms with Crippen LogP contribution in [0.15, 0.2) is 24.3 Å². The van der Waals surface area contributed by atoms with Crippen molar-refractivity contribution in [3.8, 4) is 0 Å². The summed E-state index contributed by atoms with van der Waals surface area (Å²) in [6.45, 7) is 6.53. The molecular formula is C17H26N2O. The zero-order chi connectivity index (χ0) is 14.4. The van der Waals surface area contributed by atoms with E-state index in [1.54, 1.807) is 0 Å². The molecule has 1 heterocycles. The molecule has 0 spiro atoms. The van der Waals surface area contributed by atoms with Gasteiger partial charge in [0.2, 0.25) is 5.91 Å². The van der Waals surface area contributed by atoms with E-state index < -0.39 is 0 Å². The van der Waals surface area contributed by atoms with E-state index in [9.17, 15) is 4.79 Å². The van der Waals surface area contributed by atoms with Gasteiger partial charge in [-0.05, 0) is 38.3 Å². The minimum Gasteiger partial charge on any atom is -0.351 e. The Labute approximate surface area is 122 Å². The van der Waals surface area contributed by atoms with E-state index in [0.29, 0.717) is 19.1 Å². The molecule has 0 aromatic heterocycles. The Morgan fingerprint density at radius 3 is 3.00 bits per heavy atom. The Kier molecular flexibility index (Phi) is 5.60. The van der Waals surface area contributed by atoms with Crippen LogP contribution in [0.4, 0.5) is 0 Å². The Balaban J connectivity index is 1.80. The predicted octanol–water partition coefficient (Wildman–Crippen LogP) is 2.88. The van der Waals surface area contributed by atoms with Crippen molar-refractivity contribution in [2.45, 2.75) is 52.1 Å². The number of nitrogens with one attached hydrogen (secondary N) is 1. The molecule has 2 rings (SSSR count). The van der Waals surface area contributed by atoms with Crippen molar-refractivity contribution in [1.82, 2.24) is 10.2 Å². The minimum absolute atomic E-state index is 0.145. The lowest BCUT2D eigenvalue weighted by Crippen LogP contribution is -2.45. The average molecular weight is 274 g/mol. The lowest BCUT2D eigenvalue weighted by molar-refractivity contribution is -0.123. The van der Waals surface area contributed by atoms with E-state index >= 15 is 0 Å². The first-order valence-corrected chi connectivity index (χ1v) is 7.75. The van der Waals surface area contributed by atoms with Crippen molar-refractivity contribution < 1.29 is 4.79 Å². The van der Waals surface area contributed by atoms with Gasteiger partial charge in [-0.3, -0.25) is 9.69 Å². The third kappa shape index (κ3) is 4.34. The fourth-order valence-electron chi connectivity index (χ4n) is 2.99. The summed E-state index contributed by atoms with van der Waals surface area (Å²) in [5.74, 6) is 0.145. The normalized spacial score (nSPS) is 19.8. The van der Waals surface area contributed by atoms with Crippen LogP contribution in [0.25, 0.3) is 0 Å². The van der Waals surface area contributed by atoms with Crippen molar-refractivity contribution in [3.05, 3.63) is 35.4 Å². The topological polar surface area (TPSA) is 32.3 Å². The standard InChI is InChI=1S/C17H26N2O/c1-3-16-9-4-5-10-19(16)13-17(20)18-12-15-8-6-7-14(2)11-15/h6-8,11,16H,3-5,9-10,12-13H2,1-2H3,(H,18,20). The number of piperidine rings is 1. The lowest BCUT2D eigenvalue weighted by atomic mass is 10.00. The monoisotopic (exact) mass is 274 g/mol. The fourth-order valence-corrected chi connectivity index (χ4v) is 2.99. The second-order valence-electron chi connectivity index (χ2n) is 5.79. The minimum atomic E-state index is 0.145. The third-order valence-electron chi connectivity index (χ3n) is 4.14. The van der Waals surface area contributed by atoms with Crippen LogP contribution in [0.1, 0.15) is 43.7 Å². The fraction of sp³-hybridized carbons (Fsp3) is 0.588. The Bertz CT molecular complexity index is 444. The van der Waals surface area contributed by atoms with E-state index in [4.69, 9.17) is 0 Å². The predicted molar refractivity (Wildman–Crippen MR) is 82.5 cm³/mol. The molecule has 3 nitrogen and oxygen atoms in total. The van der Waals surface area contributed by atoms with E-state index in [2.05, 4.69) is 42.3 Å². The molecule has 20 heavy (non-hydrogen) atoms. The van der Waals surface area contributed by atoms with Gasteiger partial charge in [0.15, 0.2) is 0 Å². The molecule has 1 aromatic carbocycles. The first-order valence-electron chi connectivity index (χ1n) is 7.75. The van der Waals surface area contributed by atoms with Crippen molar-refractivity contribution >= 4 is 5.91 Å². The van der Waals surface area contributed by atoms with Gasteiger partial charge in [-0.2, -0.15) is 0 Å². The van der Waals surface area contributed by atoms with Gasteiger partial charge in [-0.1, -0.05) is 43.2 Å². The molecule has 1 fully saturated rings. The highest BCUT2D eigenvalue weighted by Gasteiger charge is 2.22. The van der Waals surface area contributed by atoms with Gasteiger partial charge in [0.25, 0.3) is 0 Å². The van der Waals surface area contributed by atoms with Crippen molar-refractivity contribution in [1.29, 1.82) is 0 Å². The Hall–Kier alpha value is -1.35. The zero-order valence-corrected chi connectivity index (χ0v) is 12.7. The van der Waals surface area contributed by atoms with Gasteiger partial charge in [0, 0.05) is 12.6 Å². The maximum atomic E-state index is 12.1. The summed E-state index contributed by atoms with van der Waals surface area (Å²) < 4.78 is 0. The van der Waals surface area contributed by atoms with E-state index in [-0.39, 0.29) is 5.91 Å². The van der Waals surface area contributed by atoms with Gasteiger partial charge in [0.1, 0.15) is 0 Å². The summed E-state index contributed by atoms with van der Waals surface area (Å²) in [4.78, 5) is 14.4. The van der Waals surface area contributed by atoms with Crippen molar-refractivity contribution in [2.24, 2.45) is 0 Å². The number of hydrogen-bond acceptors (Lipinski definition) is 2. The highest BCUT2D eigenvalue weighted by Crippen LogP contribution is 2.18. The van der Waals surface area contributed by atoms with Crippen LogP contribution in [0.5, 0.6) is 0 Å². The number of aryl methyl sites for hydroxylation is 1. The molecule has 1 N–H and O–H groups in total. The van der Waals surface area contributed by atoms with E-state index in [1.807, 2.05) is 6.07 Å². The number of carbonyl (C=O) groups excluding carboxylic acids is 1. The molecule has 0 saturated carbocycles. The molecule has 1 saturated heterocycles. The van der Waals surface area contributed by atoms with Crippen LogP contribution < -0.4 is 5.32 Å². The van der Waals surface area contributed by atoms with E-state index in [1.165, 1.54) is 30.4 Å². The van der Waals surface area contributed by atoms with Gasteiger partial charge in [0.05, 0.1) is 6.54 Å². The summed E-state index contributed by atoms with van der Waals surface area (Å²) in [6, 6.07) is 8.88. The Morgan fingerprint density at radius 2 is 2.25 bits per heavy atom. The molecule has 1 amide bonds.